The highest BCUT2D eigenvalue weighted by Crippen LogP contribution is 2.29. The van der Waals surface area contributed by atoms with Crippen molar-refractivity contribution < 1.29 is 9.53 Å². The third-order valence-electron chi connectivity index (χ3n) is 5.75. The van der Waals surface area contributed by atoms with E-state index < -0.39 is 0 Å². The van der Waals surface area contributed by atoms with E-state index in [2.05, 4.69) is 14.9 Å². The Labute approximate surface area is 207 Å². The number of nitrogens with zero attached hydrogens (tertiary/aromatic N) is 4. The maximum absolute atomic E-state index is 13.1. The lowest BCUT2D eigenvalue weighted by Gasteiger charge is -2.19. The summed E-state index contributed by atoms with van der Waals surface area (Å²) in [5, 5.41) is 3.91. The summed E-state index contributed by atoms with van der Waals surface area (Å²) in [7, 11) is 3.57. The molecule has 5 aromatic rings. The maximum Gasteiger partial charge on any atom is 0.231 e. The normalized spacial score (nSPS) is 11.9. The monoisotopic (exact) mass is 483 g/mol. The number of aromatic nitrogens is 4. The summed E-state index contributed by atoms with van der Waals surface area (Å²) < 4.78 is 9.30. The Balaban J connectivity index is 1.40. The lowest BCUT2D eigenvalue weighted by Crippen LogP contribution is -2.32. The molecule has 0 aliphatic heterocycles. The van der Waals surface area contributed by atoms with Crippen LogP contribution in [-0.4, -0.2) is 37.9 Å². The molecule has 1 atom stereocenters. The number of methoxy groups -OCH3 is 1. The SMILES string of the molecule is COc1ccc(-n2c(SCC(=O)NC(c3ccccc3)c3nccn3C)nc3ccccc32)cc1. The summed E-state index contributed by atoms with van der Waals surface area (Å²) in [6.07, 6.45) is 3.62. The maximum atomic E-state index is 13.1. The third kappa shape index (κ3) is 4.79. The number of imidazole rings is 2. The quantitative estimate of drug-likeness (QED) is 0.322. The fraction of sp³-hybridized carbons (Fsp3) is 0.148. The summed E-state index contributed by atoms with van der Waals surface area (Å²) in [5.41, 5.74) is 3.79. The Kier molecular flexibility index (Phi) is 6.54. The van der Waals surface area contributed by atoms with Gasteiger partial charge in [-0.3, -0.25) is 9.36 Å². The van der Waals surface area contributed by atoms with E-state index in [0.717, 1.165) is 39.0 Å². The van der Waals surface area contributed by atoms with Gasteiger partial charge in [-0.2, -0.15) is 0 Å². The van der Waals surface area contributed by atoms with Crippen LogP contribution in [0.15, 0.2) is 96.4 Å². The number of para-hydroxylation sites is 2. The molecule has 2 aromatic heterocycles. The second-order valence-corrected chi connectivity index (χ2v) is 8.96. The smallest absolute Gasteiger partial charge is 0.231 e. The van der Waals surface area contributed by atoms with Gasteiger partial charge in [-0.1, -0.05) is 54.2 Å². The zero-order valence-electron chi connectivity index (χ0n) is 19.5. The molecule has 1 amide bonds. The molecule has 1 N–H and O–H groups in total. The Morgan fingerprint density at radius 1 is 1.03 bits per heavy atom. The number of carbonyl (C=O) groups is 1. The summed E-state index contributed by atoms with van der Waals surface area (Å²) in [5.74, 6) is 1.68. The predicted molar refractivity (Wildman–Crippen MR) is 138 cm³/mol. The number of nitrogens with one attached hydrogen (secondary N) is 1. The Morgan fingerprint density at radius 2 is 1.77 bits per heavy atom. The molecular formula is C27H25N5O2S. The molecule has 0 saturated carbocycles. The molecule has 7 nitrogen and oxygen atoms in total. The van der Waals surface area contributed by atoms with Crippen LogP contribution in [0.2, 0.25) is 0 Å². The first-order valence-corrected chi connectivity index (χ1v) is 12.2. The molecular weight excluding hydrogens is 458 g/mol. The molecule has 35 heavy (non-hydrogen) atoms. The van der Waals surface area contributed by atoms with Crippen molar-refractivity contribution in [2.75, 3.05) is 12.9 Å². The van der Waals surface area contributed by atoms with E-state index in [4.69, 9.17) is 9.72 Å². The van der Waals surface area contributed by atoms with E-state index in [0.29, 0.717) is 0 Å². The number of thioether (sulfide) groups is 1. The van der Waals surface area contributed by atoms with E-state index >= 15 is 0 Å². The first-order chi connectivity index (χ1) is 17.1. The second-order valence-electron chi connectivity index (χ2n) is 8.01. The predicted octanol–water partition coefficient (Wildman–Crippen LogP) is 4.77. The molecule has 3 aromatic carbocycles. The molecule has 0 bridgehead atoms. The number of aryl methyl sites for hydroxylation is 1. The van der Waals surface area contributed by atoms with Gasteiger partial charge in [0, 0.05) is 25.1 Å². The average molecular weight is 484 g/mol. The van der Waals surface area contributed by atoms with Gasteiger partial charge in [0.2, 0.25) is 5.91 Å². The van der Waals surface area contributed by atoms with E-state index in [1.54, 1.807) is 13.3 Å². The van der Waals surface area contributed by atoms with E-state index in [9.17, 15) is 4.79 Å². The van der Waals surface area contributed by atoms with Crippen molar-refractivity contribution >= 4 is 28.7 Å². The number of fused-ring (bicyclic) bond motifs is 1. The Bertz CT molecular complexity index is 1440. The highest BCUT2D eigenvalue weighted by Gasteiger charge is 2.21. The fourth-order valence-electron chi connectivity index (χ4n) is 4.01. The number of ether oxygens (including phenoxy) is 1. The van der Waals surface area contributed by atoms with Gasteiger partial charge in [-0.15, -0.1) is 0 Å². The van der Waals surface area contributed by atoms with Crippen molar-refractivity contribution in [2.45, 2.75) is 11.2 Å². The van der Waals surface area contributed by atoms with Crippen molar-refractivity contribution in [3.63, 3.8) is 0 Å². The molecule has 176 valence electrons. The van der Waals surface area contributed by atoms with Crippen LogP contribution in [-0.2, 0) is 11.8 Å². The Hall–Kier alpha value is -4.04. The number of amides is 1. The van der Waals surface area contributed by atoms with Crippen LogP contribution in [0, 0.1) is 0 Å². The molecule has 0 saturated heterocycles. The van der Waals surface area contributed by atoms with Gasteiger partial charge < -0.3 is 14.6 Å². The van der Waals surface area contributed by atoms with Crippen LogP contribution in [0.3, 0.4) is 0 Å². The van der Waals surface area contributed by atoms with Crippen LogP contribution in [0.1, 0.15) is 17.4 Å². The summed E-state index contributed by atoms with van der Waals surface area (Å²) in [6.45, 7) is 0. The minimum atomic E-state index is -0.343. The van der Waals surface area contributed by atoms with Crippen LogP contribution < -0.4 is 10.1 Å². The van der Waals surface area contributed by atoms with Crippen molar-refractivity contribution in [2.24, 2.45) is 7.05 Å². The first-order valence-electron chi connectivity index (χ1n) is 11.2. The largest absolute Gasteiger partial charge is 0.497 e. The molecule has 8 heteroatoms. The second kappa shape index (κ2) is 10.1. The Morgan fingerprint density at radius 3 is 2.49 bits per heavy atom. The van der Waals surface area contributed by atoms with Crippen LogP contribution in [0.25, 0.3) is 16.7 Å². The van der Waals surface area contributed by atoms with Crippen LogP contribution in [0.5, 0.6) is 5.75 Å². The van der Waals surface area contributed by atoms with E-state index in [1.165, 1.54) is 11.8 Å². The molecule has 0 spiro atoms. The van der Waals surface area contributed by atoms with Gasteiger partial charge in [-0.05, 0) is 42.0 Å². The molecule has 0 fully saturated rings. The van der Waals surface area contributed by atoms with Crippen molar-refractivity contribution in [3.8, 4) is 11.4 Å². The summed E-state index contributed by atoms with van der Waals surface area (Å²) in [6, 6.07) is 25.3. The van der Waals surface area contributed by atoms with Crippen molar-refractivity contribution in [1.29, 1.82) is 0 Å². The van der Waals surface area contributed by atoms with Gasteiger partial charge in [0.15, 0.2) is 5.16 Å². The summed E-state index contributed by atoms with van der Waals surface area (Å²) >= 11 is 1.41. The van der Waals surface area contributed by atoms with Gasteiger partial charge in [0.25, 0.3) is 0 Å². The van der Waals surface area contributed by atoms with Gasteiger partial charge in [-0.25, -0.2) is 9.97 Å². The molecule has 0 aliphatic carbocycles. The topological polar surface area (TPSA) is 74.0 Å². The van der Waals surface area contributed by atoms with Crippen molar-refractivity contribution in [3.05, 3.63) is 103 Å². The fourth-order valence-corrected chi connectivity index (χ4v) is 4.85. The zero-order valence-corrected chi connectivity index (χ0v) is 20.3. The zero-order chi connectivity index (χ0) is 24.2. The minimum Gasteiger partial charge on any atom is -0.497 e. The third-order valence-corrected chi connectivity index (χ3v) is 6.69. The molecule has 2 heterocycles. The van der Waals surface area contributed by atoms with Gasteiger partial charge >= 0.3 is 0 Å². The molecule has 0 radical (unpaired) electrons. The first kappa shape index (κ1) is 22.7. The lowest BCUT2D eigenvalue weighted by atomic mass is 10.1. The highest BCUT2D eigenvalue weighted by atomic mass is 32.2. The number of hydrogen-bond acceptors (Lipinski definition) is 5. The molecule has 0 aliphatic rings. The molecule has 5 rings (SSSR count). The number of rotatable bonds is 8. The standard InChI is InChI=1S/C27H25N5O2S/c1-31-17-16-28-26(31)25(19-8-4-3-5-9-19)30-24(33)18-35-27-29-22-10-6-7-11-23(22)32(27)20-12-14-21(34-2)15-13-20/h3-17,25H,18H2,1-2H3,(H,30,33). The number of carbonyl (C=O) groups excluding carboxylic acids is 1. The van der Waals surface area contributed by atoms with E-state index in [1.807, 2.05) is 96.7 Å². The van der Waals surface area contributed by atoms with E-state index in [-0.39, 0.29) is 17.7 Å². The number of hydrogen-bond donors (Lipinski definition) is 1. The summed E-state index contributed by atoms with van der Waals surface area (Å²) in [4.78, 5) is 22.4. The molecule has 1 unspecified atom stereocenters. The van der Waals surface area contributed by atoms with Gasteiger partial charge in [0.05, 0.1) is 23.9 Å². The van der Waals surface area contributed by atoms with Crippen LogP contribution in [0.4, 0.5) is 0 Å². The minimum absolute atomic E-state index is 0.0970. The highest BCUT2D eigenvalue weighted by molar-refractivity contribution is 7.99. The number of benzene rings is 3. The van der Waals surface area contributed by atoms with Crippen molar-refractivity contribution in [1.82, 2.24) is 24.4 Å². The van der Waals surface area contributed by atoms with Gasteiger partial charge in [0.1, 0.15) is 17.6 Å². The lowest BCUT2D eigenvalue weighted by molar-refractivity contribution is -0.119. The van der Waals surface area contributed by atoms with Crippen LogP contribution >= 0.6 is 11.8 Å². The average Bonchev–Trinajstić information content (AvgIpc) is 3.49.